The van der Waals surface area contributed by atoms with Crippen LogP contribution in [0.1, 0.15) is 42.9 Å². The highest BCUT2D eigenvalue weighted by Crippen LogP contribution is 2.42. The smallest absolute Gasteiger partial charge is 0.119 e. The summed E-state index contributed by atoms with van der Waals surface area (Å²) in [6, 6.07) is 23.7. The zero-order chi connectivity index (χ0) is 21.7. The maximum Gasteiger partial charge on any atom is 0.119 e. The quantitative estimate of drug-likeness (QED) is 0.535. The fraction of sp³-hybridized carbons (Fsp3) is 0.333. The Morgan fingerprint density at radius 1 is 0.774 bits per heavy atom. The number of hydrogen-bond acceptors (Lipinski definition) is 4. The first kappa shape index (κ1) is 21.3. The predicted molar refractivity (Wildman–Crippen MR) is 124 cm³/mol. The van der Waals surface area contributed by atoms with Crippen molar-refractivity contribution in [2.75, 3.05) is 19.7 Å². The van der Waals surface area contributed by atoms with Crippen LogP contribution in [0.5, 0.6) is 17.2 Å². The van der Waals surface area contributed by atoms with Crippen molar-refractivity contribution in [2.24, 2.45) is 0 Å². The van der Waals surface area contributed by atoms with Gasteiger partial charge in [0.05, 0.1) is 6.61 Å². The molecule has 2 N–H and O–H groups in total. The van der Waals surface area contributed by atoms with Crippen molar-refractivity contribution in [3.05, 3.63) is 89.5 Å². The molecule has 0 amide bonds. The Balaban J connectivity index is 1.49. The molecule has 1 fully saturated rings. The third-order valence-electron chi connectivity index (χ3n) is 6.35. The summed E-state index contributed by atoms with van der Waals surface area (Å²) in [4.78, 5) is 2.50. The number of ether oxygens (including phenoxy) is 1. The number of benzene rings is 3. The number of rotatable bonds is 7. The number of aromatic hydroxyl groups is 2. The van der Waals surface area contributed by atoms with Crippen LogP contribution in [0.25, 0.3) is 0 Å². The molecular weight excluding hydrogens is 386 g/mol. The lowest BCUT2D eigenvalue weighted by Crippen LogP contribution is -2.43. The summed E-state index contributed by atoms with van der Waals surface area (Å²) in [5.74, 6) is 1.50. The molecule has 0 atom stereocenters. The second-order valence-corrected chi connectivity index (χ2v) is 8.44. The largest absolute Gasteiger partial charge is 0.508 e. The van der Waals surface area contributed by atoms with Gasteiger partial charge in [-0.2, -0.15) is 0 Å². The fourth-order valence-electron chi connectivity index (χ4n) is 4.57. The van der Waals surface area contributed by atoms with E-state index >= 15 is 0 Å². The summed E-state index contributed by atoms with van der Waals surface area (Å²) in [7, 11) is 0. The SMILES string of the molecule is CCCOc1ccc(CN2CCC(c3ccc(O)cc3)(c3ccc(O)cc3)CC2)cc1. The highest BCUT2D eigenvalue weighted by Gasteiger charge is 2.37. The van der Waals surface area contributed by atoms with E-state index in [1.807, 2.05) is 24.3 Å². The van der Waals surface area contributed by atoms with E-state index in [-0.39, 0.29) is 16.9 Å². The van der Waals surface area contributed by atoms with Crippen molar-refractivity contribution >= 4 is 0 Å². The predicted octanol–water partition coefficient (Wildman–Crippen LogP) is 5.47. The fourth-order valence-corrected chi connectivity index (χ4v) is 4.57. The van der Waals surface area contributed by atoms with Crippen LogP contribution in [0.15, 0.2) is 72.8 Å². The molecule has 1 aliphatic rings. The molecule has 0 aliphatic carbocycles. The molecule has 0 unspecified atom stereocenters. The standard InChI is InChI=1S/C27H31NO3/c1-2-19-31-26-13-3-21(4-14-26)20-28-17-15-27(16-18-28,22-5-9-24(29)10-6-22)23-7-11-25(30)12-8-23/h3-14,29-30H,2,15-20H2,1H3. The lowest BCUT2D eigenvalue weighted by atomic mass is 9.68. The third kappa shape index (κ3) is 4.86. The number of hydrogen-bond donors (Lipinski definition) is 2. The van der Waals surface area contributed by atoms with E-state index in [0.717, 1.165) is 51.3 Å². The molecule has 1 heterocycles. The summed E-state index contributed by atoms with van der Waals surface area (Å²) < 4.78 is 5.69. The van der Waals surface area contributed by atoms with E-state index in [9.17, 15) is 10.2 Å². The highest BCUT2D eigenvalue weighted by atomic mass is 16.5. The van der Waals surface area contributed by atoms with Crippen molar-refractivity contribution in [1.29, 1.82) is 0 Å². The maximum atomic E-state index is 9.77. The van der Waals surface area contributed by atoms with Gasteiger partial charge in [-0.25, -0.2) is 0 Å². The van der Waals surface area contributed by atoms with E-state index in [4.69, 9.17) is 4.74 Å². The second-order valence-electron chi connectivity index (χ2n) is 8.44. The molecule has 1 aliphatic heterocycles. The van der Waals surface area contributed by atoms with Crippen LogP contribution in [0, 0.1) is 0 Å². The maximum absolute atomic E-state index is 9.77. The Hall–Kier alpha value is -2.98. The Bertz CT molecular complexity index is 909. The molecule has 1 saturated heterocycles. The second kappa shape index (κ2) is 9.44. The van der Waals surface area contributed by atoms with Crippen molar-refractivity contribution in [2.45, 2.75) is 38.1 Å². The van der Waals surface area contributed by atoms with Crippen LogP contribution >= 0.6 is 0 Å². The van der Waals surface area contributed by atoms with Crippen LogP contribution in [-0.4, -0.2) is 34.8 Å². The number of phenolic OH excluding ortho intramolecular Hbond substituents is 2. The van der Waals surface area contributed by atoms with Crippen LogP contribution < -0.4 is 4.74 Å². The first-order valence-electron chi connectivity index (χ1n) is 11.1. The van der Waals surface area contributed by atoms with E-state index in [1.165, 1.54) is 16.7 Å². The minimum absolute atomic E-state index is 0.115. The number of piperidine rings is 1. The van der Waals surface area contributed by atoms with Crippen LogP contribution in [0.3, 0.4) is 0 Å². The Morgan fingerprint density at radius 2 is 1.29 bits per heavy atom. The number of phenols is 2. The third-order valence-corrected chi connectivity index (χ3v) is 6.35. The molecular formula is C27H31NO3. The van der Waals surface area contributed by atoms with Crippen LogP contribution in [-0.2, 0) is 12.0 Å². The molecule has 4 nitrogen and oxygen atoms in total. The summed E-state index contributed by atoms with van der Waals surface area (Å²) in [6.45, 7) is 5.75. The molecule has 162 valence electrons. The molecule has 0 radical (unpaired) electrons. The summed E-state index contributed by atoms with van der Waals surface area (Å²) in [6.07, 6.45) is 2.99. The van der Waals surface area contributed by atoms with Crippen molar-refractivity contribution in [1.82, 2.24) is 4.90 Å². The monoisotopic (exact) mass is 417 g/mol. The Kier molecular flexibility index (Phi) is 6.47. The zero-order valence-corrected chi connectivity index (χ0v) is 18.1. The van der Waals surface area contributed by atoms with Gasteiger partial charge >= 0.3 is 0 Å². The molecule has 0 saturated carbocycles. The molecule has 0 aromatic heterocycles. The highest BCUT2D eigenvalue weighted by molar-refractivity contribution is 5.43. The lowest BCUT2D eigenvalue weighted by molar-refractivity contribution is 0.172. The van der Waals surface area contributed by atoms with Crippen molar-refractivity contribution in [3.63, 3.8) is 0 Å². The minimum Gasteiger partial charge on any atom is -0.508 e. The van der Waals surface area contributed by atoms with Crippen LogP contribution in [0.4, 0.5) is 0 Å². The minimum atomic E-state index is -0.115. The van der Waals surface area contributed by atoms with Crippen molar-refractivity contribution in [3.8, 4) is 17.2 Å². The first-order chi connectivity index (χ1) is 15.1. The van der Waals surface area contributed by atoms with Gasteiger partial charge < -0.3 is 14.9 Å². The lowest BCUT2D eigenvalue weighted by Gasteiger charge is -2.43. The summed E-state index contributed by atoms with van der Waals surface area (Å²) >= 11 is 0. The Labute approximate surface area is 184 Å². The van der Waals surface area contributed by atoms with Crippen LogP contribution in [0.2, 0.25) is 0 Å². The number of likely N-dealkylation sites (tertiary alicyclic amines) is 1. The van der Waals surface area contributed by atoms with Gasteiger partial charge in [0.2, 0.25) is 0 Å². The Morgan fingerprint density at radius 3 is 1.77 bits per heavy atom. The molecule has 4 rings (SSSR count). The topological polar surface area (TPSA) is 52.9 Å². The molecule has 0 spiro atoms. The van der Waals surface area contributed by atoms with Gasteiger partial charge in [0.1, 0.15) is 17.2 Å². The summed E-state index contributed by atoms with van der Waals surface area (Å²) in [5, 5.41) is 19.5. The summed E-state index contributed by atoms with van der Waals surface area (Å²) in [5.41, 5.74) is 3.61. The van der Waals surface area contributed by atoms with Gasteiger partial charge in [-0.1, -0.05) is 43.3 Å². The van der Waals surface area contributed by atoms with Gasteiger partial charge in [0, 0.05) is 12.0 Å². The molecule has 3 aromatic carbocycles. The first-order valence-corrected chi connectivity index (χ1v) is 11.1. The van der Waals surface area contributed by atoms with Gasteiger partial charge in [-0.05, 0) is 85.4 Å². The molecule has 31 heavy (non-hydrogen) atoms. The van der Waals surface area contributed by atoms with E-state index < -0.39 is 0 Å². The average Bonchev–Trinajstić information content (AvgIpc) is 2.80. The molecule has 0 bridgehead atoms. The van der Waals surface area contributed by atoms with E-state index in [1.54, 1.807) is 24.3 Å². The zero-order valence-electron chi connectivity index (χ0n) is 18.1. The number of nitrogens with zero attached hydrogens (tertiary/aromatic N) is 1. The van der Waals surface area contributed by atoms with E-state index in [0.29, 0.717) is 0 Å². The van der Waals surface area contributed by atoms with Gasteiger partial charge in [0.15, 0.2) is 0 Å². The van der Waals surface area contributed by atoms with Crippen molar-refractivity contribution < 1.29 is 14.9 Å². The van der Waals surface area contributed by atoms with Gasteiger partial charge in [0.25, 0.3) is 0 Å². The van der Waals surface area contributed by atoms with E-state index in [2.05, 4.69) is 36.1 Å². The normalized spacial score (nSPS) is 16.2. The molecule has 3 aromatic rings. The average molecular weight is 418 g/mol. The molecule has 4 heteroatoms. The van der Waals surface area contributed by atoms with Gasteiger partial charge in [-0.15, -0.1) is 0 Å². The van der Waals surface area contributed by atoms with Gasteiger partial charge in [-0.3, -0.25) is 4.90 Å².